The van der Waals surface area contributed by atoms with E-state index in [0.717, 1.165) is 16.2 Å². The third kappa shape index (κ3) is 2.57. The highest BCUT2D eigenvalue weighted by Gasteiger charge is 2.08. The standard InChI is InChI=1S/C14H12FO2P/c1-9-3-2-4-13(14(9)17)18-12-6-5-11(15)7-10(12)8-16/h2-8,17-18H,1H3. The molecule has 0 aliphatic rings. The number of phenolic OH excluding ortho intramolecular Hbond substituents is 1. The zero-order valence-electron chi connectivity index (χ0n) is 9.77. The van der Waals surface area contributed by atoms with E-state index in [1.54, 1.807) is 12.1 Å². The lowest BCUT2D eigenvalue weighted by atomic mass is 10.2. The van der Waals surface area contributed by atoms with E-state index in [-0.39, 0.29) is 14.3 Å². The molecule has 1 atom stereocenters. The number of hydrogen-bond acceptors (Lipinski definition) is 2. The SMILES string of the molecule is Cc1cccc(Pc2ccc(F)cc2C=O)c1O. The second-order valence-corrected chi connectivity index (χ2v) is 5.27. The maximum atomic E-state index is 13.0. The van der Waals surface area contributed by atoms with E-state index in [0.29, 0.717) is 11.8 Å². The van der Waals surface area contributed by atoms with Crippen LogP contribution in [0.5, 0.6) is 5.75 Å². The first-order valence-electron chi connectivity index (χ1n) is 5.42. The molecule has 0 fully saturated rings. The highest BCUT2D eigenvalue weighted by molar-refractivity contribution is 7.56. The lowest BCUT2D eigenvalue weighted by molar-refractivity contribution is 0.112. The van der Waals surface area contributed by atoms with Crippen LogP contribution in [0.25, 0.3) is 0 Å². The Kier molecular flexibility index (Phi) is 3.73. The molecule has 0 amide bonds. The summed E-state index contributed by atoms with van der Waals surface area (Å²) in [5.74, 6) is -0.198. The number of carbonyl (C=O) groups excluding carboxylic acids is 1. The molecule has 0 radical (unpaired) electrons. The molecule has 0 heterocycles. The van der Waals surface area contributed by atoms with Crippen LogP contribution in [0.4, 0.5) is 4.39 Å². The van der Waals surface area contributed by atoms with Crippen molar-refractivity contribution in [1.82, 2.24) is 0 Å². The Bertz CT molecular complexity index is 596. The van der Waals surface area contributed by atoms with Crippen molar-refractivity contribution in [2.75, 3.05) is 0 Å². The summed E-state index contributed by atoms with van der Waals surface area (Å²) < 4.78 is 13.0. The smallest absolute Gasteiger partial charge is 0.150 e. The van der Waals surface area contributed by atoms with Gasteiger partial charge in [-0.05, 0) is 29.9 Å². The summed E-state index contributed by atoms with van der Waals surface area (Å²) in [6.45, 7) is 1.81. The number of halogens is 1. The number of rotatable bonds is 3. The summed E-state index contributed by atoms with van der Waals surface area (Å²) in [6.07, 6.45) is 0.637. The Balaban J connectivity index is 2.40. The molecule has 0 spiro atoms. The maximum Gasteiger partial charge on any atom is 0.150 e. The first-order valence-corrected chi connectivity index (χ1v) is 6.42. The minimum atomic E-state index is -0.431. The molecule has 0 saturated carbocycles. The van der Waals surface area contributed by atoms with E-state index in [4.69, 9.17) is 0 Å². The van der Waals surface area contributed by atoms with Crippen LogP contribution in [0.2, 0.25) is 0 Å². The maximum absolute atomic E-state index is 13.0. The minimum absolute atomic E-state index is 0.126. The van der Waals surface area contributed by atoms with Gasteiger partial charge in [-0.3, -0.25) is 4.79 Å². The summed E-state index contributed by atoms with van der Waals surface area (Å²) >= 11 is 0. The molecule has 0 aromatic heterocycles. The molecule has 0 bridgehead atoms. The third-order valence-electron chi connectivity index (χ3n) is 2.65. The molecule has 1 N–H and O–H groups in total. The highest BCUT2D eigenvalue weighted by Crippen LogP contribution is 2.22. The lowest BCUT2D eigenvalue weighted by Crippen LogP contribution is -2.10. The van der Waals surface area contributed by atoms with Crippen LogP contribution in [0, 0.1) is 12.7 Å². The van der Waals surface area contributed by atoms with E-state index in [1.807, 2.05) is 19.1 Å². The second kappa shape index (κ2) is 5.28. The zero-order valence-corrected chi connectivity index (χ0v) is 10.8. The number of hydrogen-bond donors (Lipinski definition) is 1. The quantitative estimate of drug-likeness (QED) is 0.680. The number of aldehydes is 1. The summed E-state index contributed by atoms with van der Waals surface area (Å²) in [5, 5.41) is 11.4. The van der Waals surface area contributed by atoms with Crippen LogP contribution >= 0.6 is 8.58 Å². The van der Waals surface area contributed by atoms with E-state index >= 15 is 0 Å². The zero-order chi connectivity index (χ0) is 13.1. The molecule has 18 heavy (non-hydrogen) atoms. The lowest BCUT2D eigenvalue weighted by Gasteiger charge is -2.09. The molecule has 1 unspecified atom stereocenters. The number of benzene rings is 2. The van der Waals surface area contributed by atoms with E-state index < -0.39 is 5.82 Å². The van der Waals surface area contributed by atoms with Crippen LogP contribution < -0.4 is 10.6 Å². The highest BCUT2D eigenvalue weighted by atomic mass is 31.1. The van der Waals surface area contributed by atoms with Crippen molar-refractivity contribution < 1.29 is 14.3 Å². The predicted octanol–water partition coefficient (Wildman–Crippen LogP) is 2.28. The van der Waals surface area contributed by atoms with Crippen LogP contribution in [-0.2, 0) is 0 Å². The number of carbonyl (C=O) groups is 1. The van der Waals surface area contributed by atoms with Gasteiger partial charge in [-0.25, -0.2) is 4.39 Å². The van der Waals surface area contributed by atoms with Gasteiger partial charge in [0.2, 0.25) is 0 Å². The molecule has 92 valence electrons. The van der Waals surface area contributed by atoms with Gasteiger partial charge < -0.3 is 5.11 Å². The number of para-hydroxylation sites is 1. The summed E-state index contributed by atoms with van der Waals surface area (Å²) in [5.41, 5.74) is 1.11. The number of aromatic hydroxyl groups is 1. The van der Waals surface area contributed by atoms with Gasteiger partial charge in [-0.2, -0.15) is 0 Å². The molecule has 2 nitrogen and oxygen atoms in total. The predicted molar refractivity (Wildman–Crippen MR) is 72.2 cm³/mol. The molecule has 0 aliphatic heterocycles. The average Bonchev–Trinajstić information content (AvgIpc) is 2.37. The summed E-state index contributed by atoms with van der Waals surface area (Å²) in [4.78, 5) is 10.9. The Morgan fingerprint density at radius 1 is 1.22 bits per heavy atom. The molecule has 0 saturated heterocycles. The van der Waals surface area contributed by atoms with Crippen molar-refractivity contribution in [3.05, 3.63) is 53.3 Å². The van der Waals surface area contributed by atoms with E-state index in [1.165, 1.54) is 12.1 Å². The molecule has 2 rings (SSSR count). The van der Waals surface area contributed by atoms with Crippen molar-refractivity contribution in [1.29, 1.82) is 0 Å². The Labute approximate surface area is 106 Å². The Morgan fingerprint density at radius 3 is 2.72 bits per heavy atom. The van der Waals surface area contributed by atoms with Crippen LogP contribution in [0.15, 0.2) is 36.4 Å². The average molecular weight is 262 g/mol. The number of phenols is 1. The number of aryl methyl sites for hydroxylation is 1. The van der Waals surface area contributed by atoms with Gasteiger partial charge in [0.15, 0.2) is 6.29 Å². The van der Waals surface area contributed by atoms with E-state index in [9.17, 15) is 14.3 Å². The molecule has 2 aromatic rings. The Morgan fingerprint density at radius 2 is 2.00 bits per heavy atom. The fraction of sp³-hybridized carbons (Fsp3) is 0.0714. The largest absolute Gasteiger partial charge is 0.507 e. The van der Waals surface area contributed by atoms with Crippen LogP contribution in [0.1, 0.15) is 15.9 Å². The monoisotopic (exact) mass is 262 g/mol. The van der Waals surface area contributed by atoms with Crippen LogP contribution in [0.3, 0.4) is 0 Å². The first kappa shape index (κ1) is 12.7. The molecular formula is C14H12FO2P. The summed E-state index contributed by atoms with van der Waals surface area (Å²) in [7, 11) is 0.126. The topological polar surface area (TPSA) is 37.3 Å². The van der Waals surface area contributed by atoms with Gasteiger partial charge in [-0.1, -0.05) is 32.8 Å². The molecule has 2 aromatic carbocycles. The fourth-order valence-electron chi connectivity index (χ4n) is 1.65. The summed E-state index contributed by atoms with van der Waals surface area (Å²) in [6, 6.07) is 9.58. The van der Waals surface area contributed by atoms with Gasteiger partial charge >= 0.3 is 0 Å². The van der Waals surface area contributed by atoms with Gasteiger partial charge in [-0.15, -0.1) is 0 Å². The molecule has 4 heteroatoms. The normalized spacial score (nSPS) is 11.0. The third-order valence-corrected chi connectivity index (χ3v) is 4.05. The Hall–Kier alpha value is -1.73. The molecule has 0 aliphatic carbocycles. The van der Waals surface area contributed by atoms with Crippen molar-refractivity contribution in [2.24, 2.45) is 0 Å². The molecular weight excluding hydrogens is 250 g/mol. The van der Waals surface area contributed by atoms with Crippen molar-refractivity contribution >= 4 is 25.5 Å². The van der Waals surface area contributed by atoms with E-state index in [2.05, 4.69) is 0 Å². The van der Waals surface area contributed by atoms with Gasteiger partial charge in [0.25, 0.3) is 0 Å². The van der Waals surface area contributed by atoms with Crippen molar-refractivity contribution in [3.63, 3.8) is 0 Å². The van der Waals surface area contributed by atoms with Crippen molar-refractivity contribution in [2.45, 2.75) is 6.92 Å². The van der Waals surface area contributed by atoms with Gasteiger partial charge in [0.05, 0.1) is 0 Å². The fourth-order valence-corrected chi connectivity index (χ4v) is 2.88. The first-order chi connectivity index (χ1) is 8.61. The minimum Gasteiger partial charge on any atom is -0.507 e. The van der Waals surface area contributed by atoms with Crippen LogP contribution in [-0.4, -0.2) is 11.4 Å². The second-order valence-electron chi connectivity index (χ2n) is 3.95. The van der Waals surface area contributed by atoms with Gasteiger partial charge in [0.1, 0.15) is 11.6 Å². The van der Waals surface area contributed by atoms with Crippen molar-refractivity contribution in [3.8, 4) is 5.75 Å². The van der Waals surface area contributed by atoms with Gasteiger partial charge in [0, 0.05) is 10.9 Å².